The van der Waals surface area contributed by atoms with Crippen LogP contribution in [-0.2, 0) is 11.3 Å². The highest BCUT2D eigenvalue weighted by atomic mass is 16.1. The van der Waals surface area contributed by atoms with Gasteiger partial charge in [0.1, 0.15) is 11.8 Å². The van der Waals surface area contributed by atoms with Crippen molar-refractivity contribution in [3.05, 3.63) is 18.9 Å². The van der Waals surface area contributed by atoms with E-state index in [-0.39, 0.29) is 11.3 Å². The summed E-state index contributed by atoms with van der Waals surface area (Å²) in [4.78, 5) is 26.6. The van der Waals surface area contributed by atoms with Gasteiger partial charge in [0.2, 0.25) is 0 Å². The molecule has 0 bridgehead atoms. The van der Waals surface area contributed by atoms with Crippen LogP contribution in [-0.4, -0.2) is 25.3 Å². The minimum Gasteiger partial charge on any atom is -0.308 e. The minimum absolute atomic E-state index is 0.166. The molecular formula is C27H38N4O. The van der Waals surface area contributed by atoms with Crippen LogP contribution in [0.4, 0.5) is 0 Å². The summed E-state index contributed by atoms with van der Waals surface area (Å²) in [6, 6.07) is 0. The second-order valence-electron chi connectivity index (χ2n) is 12.0. The van der Waals surface area contributed by atoms with Gasteiger partial charge in [0.25, 0.3) is 0 Å². The van der Waals surface area contributed by atoms with Crippen LogP contribution in [0.25, 0.3) is 11.2 Å². The molecule has 6 rings (SSSR count). The van der Waals surface area contributed by atoms with Crippen LogP contribution in [0, 0.1) is 40.4 Å². The summed E-state index contributed by atoms with van der Waals surface area (Å²) in [6.07, 6.45) is 19.9. The van der Waals surface area contributed by atoms with Gasteiger partial charge in [-0.15, -0.1) is 0 Å². The van der Waals surface area contributed by atoms with Crippen molar-refractivity contribution in [3.63, 3.8) is 0 Å². The van der Waals surface area contributed by atoms with Crippen LogP contribution in [0.3, 0.4) is 0 Å². The van der Waals surface area contributed by atoms with E-state index in [2.05, 4.69) is 28.8 Å². The lowest BCUT2D eigenvalue weighted by Gasteiger charge is -2.63. The van der Waals surface area contributed by atoms with Gasteiger partial charge in [-0.25, -0.2) is 15.0 Å². The minimum atomic E-state index is 0.166. The van der Waals surface area contributed by atoms with E-state index < -0.39 is 0 Å². The van der Waals surface area contributed by atoms with E-state index >= 15 is 0 Å². The lowest BCUT2D eigenvalue weighted by molar-refractivity contribution is -0.155. The number of carbonyl (C=O) groups excluding carboxylic acids is 1. The number of rotatable bonds is 3. The Labute approximate surface area is 191 Å². The van der Waals surface area contributed by atoms with E-state index in [0.29, 0.717) is 17.7 Å². The van der Waals surface area contributed by atoms with Crippen LogP contribution in [0.5, 0.6) is 0 Å². The molecule has 0 aliphatic heterocycles. The van der Waals surface area contributed by atoms with Crippen molar-refractivity contribution in [2.75, 3.05) is 0 Å². The average Bonchev–Trinajstić information content (AvgIpc) is 3.20. The molecule has 4 saturated carbocycles. The zero-order valence-corrected chi connectivity index (χ0v) is 19.8. The van der Waals surface area contributed by atoms with E-state index in [1.807, 2.05) is 4.57 Å². The first kappa shape index (κ1) is 20.8. The molecule has 4 aliphatic rings. The molecular weight excluding hydrogens is 396 g/mol. The van der Waals surface area contributed by atoms with E-state index in [1.54, 1.807) is 18.9 Å². The number of imidazole rings is 1. The zero-order valence-electron chi connectivity index (χ0n) is 19.8. The highest BCUT2D eigenvalue weighted by Crippen LogP contribution is 2.66. The molecule has 0 saturated heterocycles. The van der Waals surface area contributed by atoms with Gasteiger partial charge in [0.15, 0.2) is 11.4 Å². The summed E-state index contributed by atoms with van der Waals surface area (Å²) < 4.78 is 1.94. The highest BCUT2D eigenvalue weighted by molar-refractivity contribution is 5.83. The van der Waals surface area contributed by atoms with Gasteiger partial charge < -0.3 is 4.57 Å². The third kappa shape index (κ3) is 3.02. The number of ketones is 1. The number of aromatic nitrogens is 4. The molecule has 0 spiro atoms. The van der Waals surface area contributed by atoms with Crippen molar-refractivity contribution in [1.82, 2.24) is 19.5 Å². The summed E-state index contributed by atoms with van der Waals surface area (Å²) in [5, 5.41) is 0. The Balaban J connectivity index is 1.26. The van der Waals surface area contributed by atoms with Crippen molar-refractivity contribution in [1.29, 1.82) is 0 Å². The van der Waals surface area contributed by atoms with Crippen LogP contribution >= 0.6 is 0 Å². The van der Waals surface area contributed by atoms with Crippen LogP contribution in [0.2, 0.25) is 0 Å². The molecule has 172 valence electrons. The number of nitrogens with zero attached hydrogens (tertiary/aromatic N) is 4. The third-order valence-corrected chi connectivity index (χ3v) is 10.8. The number of hydrogen-bond donors (Lipinski definition) is 0. The molecule has 5 heteroatoms. The molecule has 2 aromatic rings. The van der Waals surface area contributed by atoms with Crippen molar-refractivity contribution < 1.29 is 4.79 Å². The maximum absolute atomic E-state index is 13.7. The van der Waals surface area contributed by atoms with Gasteiger partial charge in [0, 0.05) is 5.92 Å². The van der Waals surface area contributed by atoms with Gasteiger partial charge in [-0.1, -0.05) is 33.1 Å². The Morgan fingerprint density at radius 2 is 1.84 bits per heavy atom. The Kier molecular flexibility index (Phi) is 4.96. The van der Waals surface area contributed by atoms with Crippen molar-refractivity contribution in [3.8, 4) is 0 Å². The summed E-state index contributed by atoms with van der Waals surface area (Å²) in [6.45, 7) is 5.53. The fourth-order valence-electron chi connectivity index (χ4n) is 9.23. The molecule has 0 radical (unpaired) electrons. The average molecular weight is 435 g/mol. The second kappa shape index (κ2) is 7.63. The van der Waals surface area contributed by atoms with Crippen LogP contribution < -0.4 is 0 Å². The normalized spacial score (nSPS) is 41.5. The lowest BCUT2D eigenvalue weighted by Crippen LogP contribution is -2.56. The molecule has 7 atom stereocenters. The summed E-state index contributed by atoms with van der Waals surface area (Å²) in [5.41, 5.74) is 2.28. The molecule has 0 N–H and O–H groups in total. The molecule has 5 nitrogen and oxygen atoms in total. The van der Waals surface area contributed by atoms with E-state index in [1.165, 1.54) is 64.2 Å². The first-order chi connectivity index (χ1) is 15.5. The largest absolute Gasteiger partial charge is 0.308 e. The van der Waals surface area contributed by atoms with Crippen molar-refractivity contribution in [2.24, 2.45) is 40.4 Å². The lowest BCUT2D eigenvalue weighted by atomic mass is 9.41. The Morgan fingerprint density at radius 1 is 0.969 bits per heavy atom. The van der Waals surface area contributed by atoms with Crippen LogP contribution in [0.1, 0.15) is 84.5 Å². The molecule has 0 amide bonds. The number of carbonyl (C=O) groups is 1. The smallest absolute Gasteiger partial charge is 0.163 e. The maximum atomic E-state index is 13.7. The van der Waals surface area contributed by atoms with Gasteiger partial charge in [0.05, 0.1) is 19.1 Å². The van der Waals surface area contributed by atoms with Gasteiger partial charge in [-0.05, 0) is 85.9 Å². The fraction of sp³-hybridized carbons (Fsp3) is 0.778. The van der Waals surface area contributed by atoms with Crippen molar-refractivity contribution in [2.45, 2.75) is 91.0 Å². The first-order valence-corrected chi connectivity index (χ1v) is 13.1. The molecule has 4 fully saturated rings. The number of fused-ring (bicyclic) bond motifs is 6. The van der Waals surface area contributed by atoms with E-state index in [0.717, 1.165) is 41.3 Å². The van der Waals surface area contributed by atoms with E-state index in [9.17, 15) is 4.79 Å². The highest BCUT2D eigenvalue weighted by Gasteiger charge is 2.59. The van der Waals surface area contributed by atoms with Gasteiger partial charge >= 0.3 is 0 Å². The van der Waals surface area contributed by atoms with Gasteiger partial charge in [-0.2, -0.15) is 0 Å². The van der Waals surface area contributed by atoms with Crippen LogP contribution in [0.15, 0.2) is 18.9 Å². The second-order valence-corrected chi connectivity index (χ2v) is 12.0. The molecule has 0 aromatic carbocycles. The molecule has 2 aromatic heterocycles. The quantitative estimate of drug-likeness (QED) is 0.609. The SMILES string of the molecule is C[C@]12CCCCC1CC[C@@H]1C2CC[C@@]2(C)C1CCC[C@@H]2C(=O)Cn1cnc2cncnc21. The first-order valence-electron chi connectivity index (χ1n) is 13.1. The molecule has 32 heavy (non-hydrogen) atoms. The molecule has 2 heterocycles. The van der Waals surface area contributed by atoms with Crippen molar-refractivity contribution >= 4 is 16.9 Å². The molecule has 4 aliphatic carbocycles. The topological polar surface area (TPSA) is 60.7 Å². The molecule has 3 unspecified atom stereocenters. The summed E-state index contributed by atoms with van der Waals surface area (Å²) >= 11 is 0. The summed E-state index contributed by atoms with van der Waals surface area (Å²) in [7, 11) is 0. The maximum Gasteiger partial charge on any atom is 0.163 e. The van der Waals surface area contributed by atoms with Gasteiger partial charge in [-0.3, -0.25) is 4.79 Å². The number of Topliss-reactive ketones (excluding diaryl/α,β-unsaturated/α-hetero) is 1. The van der Waals surface area contributed by atoms with E-state index in [4.69, 9.17) is 0 Å². The Hall–Kier alpha value is -1.78. The predicted octanol–water partition coefficient (Wildman–Crippen LogP) is 5.83. The number of hydrogen-bond acceptors (Lipinski definition) is 4. The Bertz CT molecular complexity index is 1020. The fourth-order valence-corrected chi connectivity index (χ4v) is 9.23. The predicted molar refractivity (Wildman–Crippen MR) is 125 cm³/mol. The standard InChI is InChI=1S/C27H38N4O/c1-26-12-4-3-6-18(26)9-10-19-20-7-5-8-22(27(20,2)13-11-21(19)26)24(32)15-31-17-30-23-14-28-16-29-25(23)31/h14,16-22H,3-13,15H2,1-2H3/t18?,19-,20?,21?,22+,26-,27-/m0/s1. The monoisotopic (exact) mass is 434 g/mol. The Morgan fingerprint density at radius 3 is 2.75 bits per heavy atom. The summed E-state index contributed by atoms with van der Waals surface area (Å²) in [5.74, 6) is 3.99. The zero-order chi connectivity index (χ0) is 21.9. The third-order valence-electron chi connectivity index (χ3n) is 10.8.